The summed E-state index contributed by atoms with van der Waals surface area (Å²) in [4.78, 5) is 12.9. The van der Waals surface area contributed by atoms with E-state index >= 15 is 0 Å². The Hall–Kier alpha value is -2.63. The Labute approximate surface area is 162 Å². The molecule has 1 aliphatic rings. The molecule has 0 aliphatic carbocycles. The molecule has 3 heterocycles. The molecule has 27 heavy (non-hydrogen) atoms. The first-order valence-corrected chi connectivity index (χ1v) is 9.66. The van der Waals surface area contributed by atoms with Crippen LogP contribution in [0.4, 0.5) is 5.69 Å². The molecule has 1 unspecified atom stereocenters. The summed E-state index contributed by atoms with van der Waals surface area (Å²) in [5.74, 6) is 0.817. The fourth-order valence-corrected chi connectivity index (χ4v) is 3.93. The molecule has 6 heteroatoms. The number of hydrogen-bond donors (Lipinski definition) is 3. The zero-order chi connectivity index (χ0) is 18.2. The summed E-state index contributed by atoms with van der Waals surface area (Å²) in [5, 5.41) is 8.93. The lowest BCUT2D eigenvalue weighted by Crippen LogP contribution is -2.38. The summed E-state index contributed by atoms with van der Waals surface area (Å²) in [5.41, 5.74) is 4.89. The van der Waals surface area contributed by atoms with Crippen molar-refractivity contribution < 1.29 is 0 Å². The van der Waals surface area contributed by atoms with Crippen molar-refractivity contribution in [2.45, 2.75) is 18.9 Å². The van der Waals surface area contributed by atoms with E-state index in [1.165, 1.54) is 6.42 Å². The highest BCUT2D eigenvalue weighted by molar-refractivity contribution is 6.31. The third-order valence-corrected chi connectivity index (χ3v) is 5.35. The number of nitrogens with one attached hydrogen (secondary N) is 3. The van der Waals surface area contributed by atoms with Crippen LogP contribution in [0.5, 0.6) is 0 Å². The number of rotatable bonds is 3. The van der Waals surface area contributed by atoms with Gasteiger partial charge in [-0.1, -0.05) is 23.7 Å². The van der Waals surface area contributed by atoms with Crippen LogP contribution in [-0.2, 0) is 0 Å². The Morgan fingerprint density at radius 3 is 2.89 bits per heavy atom. The number of aromatic amines is 1. The minimum Gasteiger partial charge on any atom is -0.380 e. The van der Waals surface area contributed by atoms with Crippen molar-refractivity contribution in [3.63, 3.8) is 0 Å². The lowest BCUT2D eigenvalue weighted by atomic mass is 10.0. The van der Waals surface area contributed by atoms with Crippen molar-refractivity contribution in [1.82, 2.24) is 20.3 Å². The average molecular weight is 378 g/mol. The quantitative estimate of drug-likeness (QED) is 0.488. The Bertz CT molecular complexity index is 1080. The number of fused-ring (bicyclic) bond motifs is 2. The topological polar surface area (TPSA) is 65.6 Å². The van der Waals surface area contributed by atoms with E-state index in [0.29, 0.717) is 11.1 Å². The molecule has 0 radical (unpaired) electrons. The average Bonchev–Trinajstić information content (AvgIpc) is 3.13. The van der Waals surface area contributed by atoms with Gasteiger partial charge in [0.25, 0.3) is 0 Å². The van der Waals surface area contributed by atoms with Gasteiger partial charge in [0.1, 0.15) is 5.82 Å². The van der Waals surface area contributed by atoms with Crippen molar-refractivity contribution in [3.8, 4) is 11.4 Å². The number of piperidine rings is 1. The van der Waals surface area contributed by atoms with Gasteiger partial charge in [-0.3, -0.25) is 4.98 Å². The molecule has 5 rings (SSSR count). The molecule has 2 aromatic heterocycles. The maximum atomic E-state index is 6.30. The zero-order valence-corrected chi connectivity index (χ0v) is 15.6. The fourth-order valence-electron chi connectivity index (χ4n) is 3.76. The second-order valence-electron chi connectivity index (χ2n) is 7.00. The first kappa shape index (κ1) is 16.5. The molecular formula is C21H20ClN5. The van der Waals surface area contributed by atoms with E-state index in [0.717, 1.165) is 58.5 Å². The zero-order valence-electron chi connectivity index (χ0n) is 14.8. The maximum absolute atomic E-state index is 6.30. The van der Waals surface area contributed by atoms with Crippen LogP contribution in [0.2, 0.25) is 5.02 Å². The number of imidazole rings is 1. The molecule has 1 atom stereocenters. The smallest absolute Gasteiger partial charge is 0.142 e. The number of anilines is 1. The second kappa shape index (κ2) is 6.83. The van der Waals surface area contributed by atoms with E-state index in [4.69, 9.17) is 16.6 Å². The molecule has 1 aliphatic heterocycles. The van der Waals surface area contributed by atoms with Gasteiger partial charge in [0, 0.05) is 29.2 Å². The summed E-state index contributed by atoms with van der Waals surface area (Å²) < 4.78 is 0. The Balaban J connectivity index is 1.68. The van der Waals surface area contributed by atoms with E-state index in [9.17, 15) is 0 Å². The predicted octanol–water partition coefficient (Wildman–Crippen LogP) is 4.60. The molecule has 1 fully saturated rings. The Morgan fingerprint density at radius 1 is 1.11 bits per heavy atom. The molecular weight excluding hydrogens is 358 g/mol. The summed E-state index contributed by atoms with van der Waals surface area (Å²) in [6.07, 6.45) is 4.20. The van der Waals surface area contributed by atoms with Gasteiger partial charge in [-0.15, -0.1) is 0 Å². The molecule has 0 bridgehead atoms. The van der Waals surface area contributed by atoms with Crippen molar-refractivity contribution >= 4 is 39.2 Å². The number of H-pyrrole nitrogens is 1. The Morgan fingerprint density at radius 2 is 2.04 bits per heavy atom. The van der Waals surface area contributed by atoms with Gasteiger partial charge >= 0.3 is 0 Å². The van der Waals surface area contributed by atoms with Crippen LogP contribution in [0.1, 0.15) is 12.8 Å². The minimum absolute atomic E-state index is 0.367. The number of aromatic nitrogens is 3. The predicted molar refractivity (Wildman–Crippen MR) is 111 cm³/mol. The SMILES string of the molecule is Clc1ccc2ncc(-c3nc4ccccc4[nH]3)c(NC3CCCNC3)c2c1. The van der Waals surface area contributed by atoms with E-state index < -0.39 is 0 Å². The first-order chi connectivity index (χ1) is 13.3. The van der Waals surface area contributed by atoms with Gasteiger partial charge in [-0.2, -0.15) is 0 Å². The molecule has 1 saturated heterocycles. The van der Waals surface area contributed by atoms with E-state index in [1.807, 2.05) is 48.7 Å². The lowest BCUT2D eigenvalue weighted by molar-refractivity contribution is 0.480. The largest absolute Gasteiger partial charge is 0.380 e. The van der Waals surface area contributed by atoms with Crippen LogP contribution >= 0.6 is 11.6 Å². The summed E-state index contributed by atoms with van der Waals surface area (Å²) in [6.45, 7) is 2.03. The highest BCUT2D eigenvalue weighted by Gasteiger charge is 2.19. The molecule has 0 saturated carbocycles. The number of nitrogens with zero attached hydrogens (tertiary/aromatic N) is 2. The van der Waals surface area contributed by atoms with Crippen molar-refractivity contribution in [1.29, 1.82) is 0 Å². The lowest BCUT2D eigenvalue weighted by Gasteiger charge is -2.26. The van der Waals surface area contributed by atoms with Crippen molar-refractivity contribution in [2.24, 2.45) is 0 Å². The monoisotopic (exact) mass is 377 g/mol. The van der Waals surface area contributed by atoms with Crippen LogP contribution < -0.4 is 10.6 Å². The molecule has 136 valence electrons. The number of para-hydroxylation sites is 2. The van der Waals surface area contributed by atoms with Crippen molar-refractivity contribution in [2.75, 3.05) is 18.4 Å². The summed E-state index contributed by atoms with van der Waals surface area (Å²) in [7, 11) is 0. The van der Waals surface area contributed by atoms with Crippen LogP contribution in [0, 0.1) is 0 Å². The van der Waals surface area contributed by atoms with Crippen LogP contribution in [0.25, 0.3) is 33.3 Å². The standard InChI is InChI=1S/C21H20ClN5/c22-13-7-8-17-15(10-13)20(25-14-4-3-9-23-11-14)16(12-24-17)21-26-18-5-1-2-6-19(18)27-21/h1-2,5-8,10,12,14,23H,3-4,9,11H2,(H,24,25)(H,26,27). The van der Waals surface area contributed by atoms with Crippen LogP contribution in [0.15, 0.2) is 48.7 Å². The van der Waals surface area contributed by atoms with Gasteiger partial charge in [-0.25, -0.2) is 4.98 Å². The number of benzene rings is 2. The molecule has 3 N–H and O–H groups in total. The van der Waals surface area contributed by atoms with Gasteiger partial charge in [0.2, 0.25) is 0 Å². The highest BCUT2D eigenvalue weighted by atomic mass is 35.5. The van der Waals surface area contributed by atoms with Crippen LogP contribution in [-0.4, -0.2) is 34.1 Å². The molecule has 5 nitrogen and oxygen atoms in total. The molecule has 2 aromatic carbocycles. The van der Waals surface area contributed by atoms with Gasteiger partial charge in [0.05, 0.1) is 27.8 Å². The van der Waals surface area contributed by atoms with E-state index in [1.54, 1.807) is 0 Å². The minimum atomic E-state index is 0.367. The fraction of sp³-hybridized carbons (Fsp3) is 0.238. The number of halogens is 1. The summed E-state index contributed by atoms with van der Waals surface area (Å²) in [6, 6.07) is 14.2. The van der Waals surface area contributed by atoms with E-state index in [2.05, 4.69) is 20.6 Å². The second-order valence-corrected chi connectivity index (χ2v) is 7.43. The van der Waals surface area contributed by atoms with Gasteiger partial charge in [-0.05, 0) is 49.7 Å². The van der Waals surface area contributed by atoms with Gasteiger partial charge in [0.15, 0.2) is 0 Å². The highest BCUT2D eigenvalue weighted by Crippen LogP contribution is 2.35. The molecule has 0 spiro atoms. The van der Waals surface area contributed by atoms with Crippen LogP contribution in [0.3, 0.4) is 0 Å². The number of hydrogen-bond acceptors (Lipinski definition) is 4. The molecule has 4 aromatic rings. The first-order valence-electron chi connectivity index (χ1n) is 9.28. The third-order valence-electron chi connectivity index (χ3n) is 5.12. The normalized spacial score (nSPS) is 17.4. The summed E-state index contributed by atoms with van der Waals surface area (Å²) >= 11 is 6.30. The van der Waals surface area contributed by atoms with E-state index in [-0.39, 0.29) is 0 Å². The maximum Gasteiger partial charge on any atom is 0.142 e. The van der Waals surface area contributed by atoms with Gasteiger partial charge < -0.3 is 15.6 Å². The Kier molecular flexibility index (Phi) is 4.19. The van der Waals surface area contributed by atoms with Crippen molar-refractivity contribution in [3.05, 3.63) is 53.7 Å². The molecule has 0 amide bonds. The number of pyridine rings is 1. The third kappa shape index (κ3) is 3.13.